The first kappa shape index (κ1) is 7.43. The Balaban J connectivity index is 3.20. The van der Waals surface area contributed by atoms with Gasteiger partial charge in [0, 0.05) is 7.11 Å². The number of hydrogen-bond acceptors (Lipinski definition) is 2. The van der Waals surface area contributed by atoms with Gasteiger partial charge in [0.1, 0.15) is 6.23 Å². The van der Waals surface area contributed by atoms with Gasteiger partial charge in [-0.25, -0.2) is 0 Å². The predicted octanol–water partition coefficient (Wildman–Crippen LogP) is -0.0709. The van der Waals surface area contributed by atoms with Crippen molar-refractivity contribution in [3.05, 3.63) is 6.92 Å². The van der Waals surface area contributed by atoms with Gasteiger partial charge in [-0.2, -0.15) is 0 Å². The average Bonchev–Trinajstić information content (AvgIpc) is 1.83. The van der Waals surface area contributed by atoms with E-state index < -0.39 is 0 Å². The van der Waals surface area contributed by atoms with Gasteiger partial charge in [-0.15, -0.1) is 0 Å². The van der Waals surface area contributed by atoms with Crippen LogP contribution in [-0.4, -0.2) is 19.7 Å². The van der Waals surface area contributed by atoms with Gasteiger partial charge in [0.2, 0.25) is 6.41 Å². The van der Waals surface area contributed by atoms with Crippen LogP contribution in [0.15, 0.2) is 0 Å². The van der Waals surface area contributed by atoms with Gasteiger partial charge >= 0.3 is 0 Å². The van der Waals surface area contributed by atoms with Crippen molar-refractivity contribution in [2.45, 2.75) is 12.6 Å². The largest absolute Gasteiger partial charge is 0.362 e. The molecule has 0 aliphatic rings. The zero-order valence-corrected chi connectivity index (χ0v) is 4.89. The second-order valence-electron chi connectivity index (χ2n) is 1.30. The molecule has 1 radical (unpaired) electrons. The molecule has 0 bridgehead atoms. The van der Waals surface area contributed by atoms with Crippen molar-refractivity contribution in [3.63, 3.8) is 0 Å². The number of ether oxygens (including phenoxy) is 1. The van der Waals surface area contributed by atoms with Gasteiger partial charge in [0.25, 0.3) is 0 Å². The van der Waals surface area contributed by atoms with Crippen LogP contribution in [0.4, 0.5) is 0 Å². The van der Waals surface area contributed by atoms with Crippen LogP contribution in [0.2, 0.25) is 0 Å². The fraction of sp³-hybridized carbons (Fsp3) is 0.600. The second kappa shape index (κ2) is 4.59. The number of carbonyl (C=O) groups is 1. The van der Waals surface area contributed by atoms with E-state index in [0.717, 1.165) is 0 Å². The van der Waals surface area contributed by atoms with Gasteiger partial charge in [0.15, 0.2) is 0 Å². The molecule has 1 atom stereocenters. The molecule has 1 N–H and O–H groups in total. The molecule has 8 heavy (non-hydrogen) atoms. The van der Waals surface area contributed by atoms with E-state index in [9.17, 15) is 4.79 Å². The number of carbonyl (C=O) groups excluding carboxylic acids is 1. The molecule has 0 aliphatic carbocycles. The summed E-state index contributed by atoms with van der Waals surface area (Å²) in [4.78, 5) is 9.71. The second-order valence-corrected chi connectivity index (χ2v) is 1.30. The Morgan fingerprint density at radius 1 is 2.00 bits per heavy atom. The third kappa shape index (κ3) is 2.58. The Kier molecular flexibility index (Phi) is 4.26. The zero-order chi connectivity index (χ0) is 6.41. The number of amides is 1. The molecule has 0 saturated heterocycles. The molecule has 0 rings (SSSR count). The lowest BCUT2D eigenvalue weighted by Crippen LogP contribution is -2.28. The number of nitrogens with one attached hydrogen (secondary N) is 1. The van der Waals surface area contributed by atoms with E-state index in [1.165, 1.54) is 7.11 Å². The highest BCUT2D eigenvalue weighted by Gasteiger charge is 1.97. The fourth-order valence-corrected chi connectivity index (χ4v) is 0.345. The van der Waals surface area contributed by atoms with E-state index >= 15 is 0 Å². The van der Waals surface area contributed by atoms with Crippen molar-refractivity contribution in [2.75, 3.05) is 7.11 Å². The smallest absolute Gasteiger partial charge is 0.209 e. The van der Waals surface area contributed by atoms with E-state index in [0.29, 0.717) is 12.8 Å². The summed E-state index contributed by atoms with van der Waals surface area (Å²) >= 11 is 0. The summed E-state index contributed by atoms with van der Waals surface area (Å²) < 4.78 is 4.73. The van der Waals surface area contributed by atoms with E-state index in [4.69, 9.17) is 4.74 Å². The Labute approximate surface area is 49.0 Å². The molecular weight excluding hydrogens is 106 g/mol. The highest BCUT2D eigenvalue weighted by Crippen LogP contribution is 1.86. The Hall–Kier alpha value is -0.570. The summed E-state index contributed by atoms with van der Waals surface area (Å²) in [5.41, 5.74) is 0. The van der Waals surface area contributed by atoms with E-state index in [1.54, 1.807) is 0 Å². The number of rotatable bonds is 4. The van der Waals surface area contributed by atoms with Crippen LogP contribution in [0.1, 0.15) is 6.42 Å². The predicted molar refractivity (Wildman–Crippen MR) is 30.0 cm³/mol. The zero-order valence-electron chi connectivity index (χ0n) is 4.89. The van der Waals surface area contributed by atoms with Crippen LogP contribution >= 0.6 is 0 Å². The molecule has 0 heterocycles. The lowest BCUT2D eigenvalue weighted by atomic mass is 10.4. The maximum atomic E-state index is 9.71. The summed E-state index contributed by atoms with van der Waals surface area (Å²) in [5.74, 6) is 0. The number of hydrogen-bond donors (Lipinski definition) is 1. The van der Waals surface area contributed by atoms with Gasteiger partial charge < -0.3 is 10.1 Å². The normalized spacial score (nSPS) is 12.8. The summed E-state index contributed by atoms with van der Waals surface area (Å²) in [6.07, 6.45) is 0.918. The first-order chi connectivity index (χ1) is 3.85. The van der Waals surface area contributed by atoms with Crippen molar-refractivity contribution in [3.8, 4) is 0 Å². The van der Waals surface area contributed by atoms with Crippen molar-refractivity contribution < 1.29 is 9.53 Å². The summed E-state index contributed by atoms with van der Waals surface area (Å²) in [7, 11) is 1.52. The lowest BCUT2D eigenvalue weighted by Gasteiger charge is -2.09. The molecule has 0 aliphatic heterocycles. The van der Waals surface area contributed by atoms with Crippen LogP contribution in [0.3, 0.4) is 0 Å². The minimum atomic E-state index is -0.229. The van der Waals surface area contributed by atoms with Gasteiger partial charge in [0.05, 0.1) is 0 Å². The van der Waals surface area contributed by atoms with Gasteiger partial charge in [-0.05, 0) is 13.3 Å². The molecule has 0 spiro atoms. The molecule has 1 unspecified atom stereocenters. The highest BCUT2D eigenvalue weighted by atomic mass is 16.5. The summed E-state index contributed by atoms with van der Waals surface area (Å²) in [5, 5.41) is 2.42. The molecule has 3 nitrogen and oxygen atoms in total. The first-order valence-corrected chi connectivity index (χ1v) is 2.37. The third-order valence-corrected chi connectivity index (χ3v) is 0.801. The lowest BCUT2D eigenvalue weighted by molar-refractivity contribution is -0.112. The molecule has 0 fully saturated rings. The highest BCUT2D eigenvalue weighted by molar-refractivity contribution is 5.46. The Bertz CT molecular complexity index is 61.4. The molecule has 0 aromatic heterocycles. The molecule has 47 valence electrons. The van der Waals surface area contributed by atoms with E-state index in [-0.39, 0.29) is 6.23 Å². The van der Waals surface area contributed by atoms with Crippen LogP contribution < -0.4 is 5.32 Å². The Morgan fingerprint density at radius 2 is 2.62 bits per heavy atom. The van der Waals surface area contributed by atoms with Crippen LogP contribution in [0.5, 0.6) is 0 Å². The molecule has 3 heteroatoms. The Morgan fingerprint density at radius 3 is 2.75 bits per heavy atom. The standard InChI is InChI=1S/C5H10NO2/c1-3-5(8-2)6-4-7/h4-5H,1,3H2,2H3,(H,6,7). The van der Waals surface area contributed by atoms with Crippen molar-refractivity contribution in [2.24, 2.45) is 0 Å². The van der Waals surface area contributed by atoms with Crippen molar-refractivity contribution >= 4 is 6.41 Å². The SMILES string of the molecule is [CH2]CC(NC=O)OC. The minimum absolute atomic E-state index is 0.229. The maximum Gasteiger partial charge on any atom is 0.209 e. The molecule has 0 aromatic carbocycles. The van der Waals surface area contributed by atoms with Crippen molar-refractivity contribution in [1.82, 2.24) is 5.32 Å². The van der Waals surface area contributed by atoms with Gasteiger partial charge in [-0.1, -0.05) is 0 Å². The average molecular weight is 116 g/mol. The van der Waals surface area contributed by atoms with Crippen molar-refractivity contribution in [1.29, 1.82) is 0 Å². The summed E-state index contributed by atoms with van der Waals surface area (Å²) in [6, 6.07) is 0. The topological polar surface area (TPSA) is 38.3 Å². The van der Waals surface area contributed by atoms with Crippen LogP contribution in [0, 0.1) is 6.92 Å². The fourth-order valence-electron chi connectivity index (χ4n) is 0.345. The molecule has 1 amide bonds. The van der Waals surface area contributed by atoms with E-state index in [1.807, 2.05) is 0 Å². The first-order valence-electron chi connectivity index (χ1n) is 2.37. The quantitative estimate of drug-likeness (QED) is 0.412. The number of methoxy groups -OCH3 is 1. The molecular formula is C5H10NO2. The molecule has 0 saturated carbocycles. The summed E-state index contributed by atoms with van der Waals surface area (Å²) in [6.45, 7) is 3.53. The van der Waals surface area contributed by atoms with Crippen LogP contribution in [-0.2, 0) is 9.53 Å². The monoisotopic (exact) mass is 116 g/mol. The third-order valence-electron chi connectivity index (χ3n) is 0.801. The molecule has 0 aromatic rings. The van der Waals surface area contributed by atoms with Gasteiger partial charge in [-0.3, -0.25) is 4.79 Å². The minimum Gasteiger partial charge on any atom is -0.362 e. The van der Waals surface area contributed by atoms with E-state index in [2.05, 4.69) is 12.2 Å². The van der Waals surface area contributed by atoms with Crippen LogP contribution in [0.25, 0.3) is 0 Å². The maximum absolute atomic E-state index is 9.71.